The Bertz CT molecular complexity index is 922. The predicted molar refractivity (Wildman–Crippen MR) is 110 cm³/mol. The predicted octanol–water partition coefficient (Wildman–Crippen LogP) is 4.92. The molecule has 0 radical (unpaired) electrons. The number of rotatable bonds is 5. The number of nitrogens with one attached hydrogen (secondary N) is 2. The molecule has 1 fully saturated rings. The largest absolute Gasteiger partial charge is 0.372 e. The van der Waals surface area contributed by atoms with Crippen molar-refractivity contribution in [3.8, 4) is 0 Å². The van der Waals surface area contributed by atoms with Gasteiger partial charge in [0.25, 0.3) is 0 Å². The Morgan fingerprint density at radius 3 is 2.44 bits per heavy atom. The highest BCUT2D eigenvalue weighted by Gasteiger charge is 2.12. The molecule has 0 bridgehead atoms. The third-order valence-corrected chi connectivity index (χ3v) is 5.00. The van der Waals surface area contributed by atoms with Crippen molar-refractivity contribution >= 4 is 40.4 Å². The van der Waals surface area contributed by atoms with E-state index in [1.165, 1.54) is 18.5 Å². The lowest BCUT2D eigenvalue weighted by molar-refractivity contribution is 0.949. The standard InChI is InChI=1S/C20H21ClN6/c1-14-4-5-16(12-18(14)21)23-19-13-22-26-20(25-19)24-15-6-8-17(9-7-15)27-10-2-3-11-27/h4-9,12-13H,2-3,10-11H2,1H3,(H2,23,24,25,26). The van der Waals surface area contributed by atoms with Gasteiger partial charge in [0.2, 0.25) is 5.95 Å². The van der Waals surface area contributed by atoms with Crippen LogP contribution in [0.3, 0.4) is 0 Å². The maximum atomic E-state index is 6.17. The van der Waals surface area contributed by atoms with E-state index in [4.69, 9.17) is 11.6 Å². The number of benzene rings is 2. The summed E-state index contributed by atoms with van der Waals surface area (Å²) in [6, 6.07) is 14.1. The van der Waals surface area contributed by atoms with Gasteiger partial charge >= 0.3 is 0 Å². The molecule has 1 aromatic heterocycles. The van der Waals surface area contributed by atoms with E-state index in [2.05, 4.69) is 42.8 Å². The molecule has 0 amide bonds. The van der Waals surface area contributed by atoms with Crippen LogP contribution in [0.1, 0.15) is 18.4 Å². The Labute approximate surface area is 163 Å². The summed E-state index contributed by atoms with van der Waals surface area (Å²) in [5.41, 5.74) is 4.06. The minimum absolute atomic E-state index is 0.437. The van der Waals surface area contributed by atoms with Crippen LogP contribution in [0.25, 0.3) is 0 Å². The van der Waals surface area contributed by atoms with E-state index in [1.54, 1.807) is 6.20 Å². The van der Waals surface area contributed by atoms with Crippen molar-refractivity contribution in [3.63, 3.8) is 0 Å². The second kappa shape index (κ2) is 7.80. The molecule has 1 aliphatic heterocycles. The summed E-state index contributed by atoms with van der Waals surface area (Å²) in [7, 11) is 0. The molecule has 0 saturated carbocycles. The molecule has 2 heterocycles. The van der Waals surface area contributed by atoms with E-state index < -0.39 is 0 Å². The molecule has 0 spiro atoms. The van der Waals surface area contributed by atoms with Crippen LogP contribution in [0, 0.1) is 6.92 Å². The van der Waals surface area contributed by atoms with Crippen molar-refractivity contribution in [2.45, 2.75) is 19.8 Å². The lowest BCUT2D eigenvalue weighted by atomic mass is 10.2. The van der Waals surface area contributed by atoms with Crippen LogP contribution in [0.5, 0.6) is 0 Å². The van der Waals surface area contributed by atoms with Crippen LogP contribution in [-0.2, 0) is 0 Å². The fraction of sp³-hybridized carbons (Fsp3) is 0.250. The van der Waals surface area contributed by atoms with Crippen LogP contribution in [0.15, 0.2) is 48.7 Å². The van der Waals surface area contributed by atoms with Crippen LogP contribution in [0.4, 0.5) is 28.8 Å². The summed E-state index contributed by atoms with van der Waals surface area (Å²) in [6.07, 6.45) is 4.12. The summed E-state index contributed by atoms with van der Waals surface area (Å²) < 4.78 is 0. The van der Waals surface area contributed by atoms with Crippen molar-refractivity contribution in [2.75, 3.05) is 28.6 Å². The zero-order valence-corrected chi connectivity index (χ0v) is 15.9. The Hall–Kier alpha value is -2.86. The molecule has 0 atom stereocenters. The molecule has 0 unspecified atom stereocenters. The number of aryl methyl sites for hydroxylation is 1. The van der Waals surface area contributed by atoms with E-state index in [1.807, 2.05) is 37.3 Å². The van der Waals surface area contributed by atoms with Crippen LogP contribution < -0.4 is 15.5 Å². The lowest BCUT2D eigenvalue weighted by Crippen LogP contribution is -2.17. The molecule has 2 aromatic carbocycles. The van der Waals surface area contributed by atoms with Gasteiger partial charge in [0, 0.05) is 35.2 Å². The zero-order valence-electron chi connectivity index (χ0n) is 15.1. The average Bonchev–Trinajstić information content (AvgIpc) is 3.21. The summed E-state index contributed by atoms with van der Waals surface area (Å²) in [6.45, 7) is 4.24. The summed E-state index contributed by atoms with van der Waals surface area (Å²) >= 11 is 6.17. The number of nitrogens with zero attached hydrogens (tertiary/aromatic N) is 4. The van der Waals surface area contributed by atoms with Crippen LogP contribution in [0.2, 0.25) is 5.02 Å². The van der Waals surface area contributed by atoms with Crippen molar-refractivity contribution in [2.24, 2.45) is 0 Å². The minimum atomic E-state index is 0.437. The molecule has 6 nitrogen and oxygen atoms in total. The third-order valence-electron chi connectivity index (χ3n) is 4.60. The zero-order chi connectivity index (χ0) is 18.6. The third kappa shape index (κ3) is 4.28. The van der Waals surface area contributed by atoms with Crippen LogP contribution >= 0.6 is 11.6 Å². The highest BCUT2D eigenvalue weighted by atomic mass is 35.5. The first kappa shape index (κ1) is 17.5. The highest BCUT2D eigenvalue weighted by molar-refractivity contribution is 6.31. The minimum Gasteiger partial charge on any atom is -0.372 e. The second-order valence-electron chi connectivity index (χ2n) is 6.62. The van der Waals surface area contributed by atoms with Crippen molar-refractivity contribution < 1.29 is 0 Å². The summed E-state index contributed by atoms with van der Waals surface area (Å²) in [5.74, 6) is 1.04. The maximum absolute atomic E-state index is 6.17. The Balaban J connectivity index is 1.45. The van der Waals surface area contributed by atoms with Gasteiger partial charge in [-0.15, -0.1) is 5.10 Å². The van der Waals surface area contributed by atoms with E-state index in [-0.39, 0.29) is 0 Å². The molecule has 2 N–H and O–H groups in total. The quantitative estimate of drug-likeness (QED) is 0.654. The van der Waals surface area contributed by atoms with Gasteiger partial charge < -0.3 is 15.5 Å². The van der Waals surface area contributed by atoms with Gasteiger partial charge in [-0.2, -0.15) is 10.1 Å². The van der Waals surface area contributed by atoms with Crippen molar-refractivity contribution in [3.05, 3.63) is 59.2 Å². The second-order valence-corrected chi connectivity index (χ2v) is 7.03. The lowest BCUT2D eigenvalue weighted by Gasteiger charge is -2.17. The number of hydrogen-bond acceptors (Lipinski definition) is 6. The Kier molecular flexibility index (Phi) is 5.07. The maximum Gasteiger partial charge on any atom is 0.249 e. The molecular formula is C20H21ClN6. The molecular weight excluding hydrogens is 360 g/mol. The van der Waals surface area contributed by atoms with E-state index >= 15 is 0 Å². The summed E-state index contributed by atoms with van der Waals surface area (Å²) in [4.78, 5) is 6.87. The monoisotopic (exact) mass is 380 g/mol. The smallest absolute Gasteiger partial charge is 0.249 e. The van der Waals surface area contributed by atoms with Gasteiger partial charge in [-0.25, -0.2) is 0 Å². The molecule has 7 heteroatoms. The average molecular weight is 381 g/mol. The molecule has 3 aromatic rings. The van der Waals surface area contributed by atoms with Crippen molar-refractivity contribution in [1.82, 2.24) is 15.2 Å². The van der Waals surface area contributed by atoms with Crippen molar-refractivity contribution in [1.29, 1.82) is 0 Å². The van der Waals surface area contributed by atoms with Gasteiger partial charge in [-0.1, -0.05) is 17.7 Å². The van der Waals surface area contributed by atoms with E-state index in [0.29, 0.717) is 16.8 Å². The first-order valence-corrected chi connectivity index (χ1v) is 9.40. The van der Waals surface area contributed by atoms with Gasteiger partial charge in [-0.05, 0) is 61.7 Å². The van der Waals surface area contributed by atoms with Gasteiger partial charge in [0.05, 0.1) is 6.20 Å². The Morgan fingerprint density at radius 1 is 0.963 bits per heavy atom. The fourth-order valence-corrected chi connectivity index (χ4v) is 3.28. The topological polar surface area (TPSA) is 66.0 Å². The van der Waals surface area contributed by atoms with Gasteiger partial charge in [0.15, 0.2) is 5.82 Å². The molecule has 0 aliphatic carbocycles. The normalized spacial score (nSPS) is 13.6. The highest BCUT2D eigenvalue weighted by Crippen LogP contribution is 2.24. The molecule has 1 saturated heterocycles. The molecule has 4 rings (SSSR count). The number of halogens is 1. The Morgan fingerprint density at radius 2 is 1.70 bits per heavy atom. The number of hydrogen-bond donors (Lipinski definition) is 2. The molecule has 27 heavy (non-hydrogen) atoms. The first-order valence-electron chi connectivity index (χ1n) is 9.02. The first-order chi connectivity index (χ1) is 13.2. The summed E-state index contributed by atoms with van der Waals surface area (Å²) in [5, 5.41) is 15.2. The van der Waals surface area contributed by atoms with Gasteiger partial charge in [-0.3, -0.25) is 0 Å². The molecule has 138 valence electrons. The van der Waals surface area contributed by atoms with E-state index in [0.717, 1.165) is 30.0 Å². The van der Waals surface area contributed by atoms with E-state index in [9.17, 15) is 0 Å². The fourth-order valence-electron chi connectivity index (χ4n) is 3.10. The van der Waals surface area contributed by atoms with Gasteiger partial charge in [0.1, 0.15) is 0 Å². The number of anilines is 5. The number of aromatic nitrogens is 3. The SMILES string of the molecule is Cc1ccc(Nc2cnnc(Nc3ccc(N4CCCC4)cc3)n2)cc1Cl. The van der Waals surface area contributed by atoms with Crippen LogP contribution in [-0.4, -0.2) is 28.3 Å². The molecule has 1 aliphatic rings.